The van der Waals surface area contributed by atoms with Gasteiger partial charge in [-0.25, -0.2) is 0 Å². The Kier molecular flexibility index (Phi) is 4.33. The minimum atomic E-state index is 0.818. The Balaban J connectivity index is 2.32. The quantitative estimate of drug-likeness (QED) is 0.701. The molecule has 72 valence electrons. The van der Waals surface area contributed by atoms with Gasteiger partial charge in [-0.1, -0.05) is 18.2 Å². The lowest BCUT2D eigenvalue weighted by molar-refractivity contribution is 0.198. The molecule has 1 N–H and O–H groups in total. The highest BCUT2D eigenvalue weighted by Crippen LogP contribution is 2.12. The summed E-state index contributed by atoms with van der Waals surface area (Å²) < 4.78 is 4.97. The zero-order valence-electron chi connectivity index (χ0n) is 8.34. The number of anilines is 1. The molecule has 1 aromatic carbocycles. The molecular formula is C11H17NO. The van der Waals surface area contributed by atoms with Crippen LogP contribution in [0.25, 0.3) is 0 Å². The first kappa shape index (κ1) is 10.1. The molecule has 0 bridgehead atoms. The Morgan fingerprint density at radius 2 is 2.08 bits per heavy atom. The van der Waals surface area contributed by atoms with E-state index in [1.807, 2.05) is 6.07 Å². The van der Waals surface area contributed by atoms with Gasteiger partial charge in [-0.15, -0.1) is 0 Å². The fourth-order valence-corrected chi connectivity index (χ4v) is 1.21. The van der Waals surface area contributed by atoms with Crippen LogP contribution in [-0.4, -0.2) is 20.3 Å². The van der Waals surface area contributed by atoms with Crippen molar-refractivity contribution in [3.05, 3.63) is 29.8 Å². The van der Waals surface area contributed by atoms with Crippen molar-refractivity contribution in [1.29, 1.82) is 0 Å². The summed E-state index contributed by atoms with van der Waals surface area (Å²) in [5.41, 5.74) is 2.51. The van der Waals surface area contributed by atoms with E-state index in [0.29, 0.717) is 0 Å². The van der Waals surface area contributed by atoms with E-state index >= 15 is 0 Å². The molecule has 2 nitrogen and oxygen atoms in total. The summed E-state index contributed by atoms with van der Waals surface area (Å²) in [5.74, 6) is 0. The van der Waals surface area contributed by atoms with E-state index in [4.69, 9.17) is 4.74 Å². The molecule has 0 aliphatic heterocycles. The van der Waals surface area contributed by atoms with Crippen LogP contribution in [0.15, 0.2) is 24.3 Å². The summed E-state index contributed by atoms with van der Waals surface area (Å²) in [6.07, 6.45) is 1.05. The second-order valence-electron chi connectivity index (χ2n) is 3.09. The van der Waals surface area contributed by atoms with Gasteiger partial charge in [0.2, 0.25) is 0 Å². The van der Waals surface area contributed by atoms with Gasteiger partial charge in [-0.2, -0.15) is 0 Å². The van der Waals surface area contributed by atoms with Gasteiger partial charge in [-0.3, -0.25) is 0 Å². The third-order valence-electron chi connectivity index (χ3n) is 1.99. The fourth-order valence-electron chi connectivity index (χ4n) is 1.21. The molecule has 0 spiro atoms. The van der Waals surface area contributed by atoms with E-state index in [1.54, 1.807) is 7.11 Å². The molecule has 0 radical (unpaired) electrons. The van der Waals surface area contributed by atoms with Crippen LogP contribution in [0.1, 0.15) is 12.0 Å². The number of benzene rings is 1. The monoisotopic (exact) mass is 179 g/mol. The number of methoxy groups -OCH3 is 1. The Hall–Kier alpha value is -1.02. The van der Waals surface area contributed by atoms with Crippen LogP contribution >= 0.6 is 0 Å². The van der Waals surface area contributed by atoms with Gasteiger partial charge >= 0.3 is 0 Å². The van der Waals surface area contributed by atoms with Crippen LogP contribution in [0.4, 0.5) is 5.69 Å². The average molecular weight is 179 g/mol. The van der Waals surface area contributed by atoms with E-state index in [9.17, 15) is 0 Å². The Morgan fingerprint density at radius 1 is 1.31 bits per heavy atom. The second-order valence-corrected chi connectivity index (χ2v) is 3.09. The van der Waals surface area contributed by atoms with Crippen LogP contribution in [-0.2, 0) is 4.74 Å². The zero-order chi connectivity index (χ0) is 9.52. The molecule has 0 unspecified atom stereocenters. The normalized spacial score (nSPS) is 10.0. The lowest BCUT2D eigenvalue weighted by Gasteiger charge is -2.08. The third-order valence-corrected chi connectivity index (χ3v) is 1.99. The Labute approximate surface area is 79.9 Å². The number of hydrogen-bond donors (Lipinski definition) is 1. The molecule has 0 atom stereocenters. The minimum absolute atomic E-state index is 0.818. The minimum Gasteiger partial charge on any atom is -0.385 e. The van der Waals surface area contributed by atoms with Crippen molar-refractivity contribution in [2.75, 3.05) is 25.6 Å². The van der Waals surface area contributed by atoms with Gasteiger partial charge in [0.25, 0.3) is 0 Å². The van der Waals surface area contributed by atoms with Gasteiger partial charge in [0.05, 0.1) is 0 Å². The van der Waals surface area contributed by atoms with E-state index < -0.39 is 0 Å². The summed E-state index contributed by atoms with van der Waals surface area (Å²) in [6.45, 7) is 3.90. The topological polar surface area (TPSA) is 21.3 Å². The lowest BCUT2D eigenvalue weighted by atomic mass is 10.2. The highest BCUT2D eigenvalue weighted by atomic mass is 16.5. The molecule has 1 aromatic rings. The van der Waals surface area contributed by atoms with Gasteiger partial charge < -0.3 is 10.1 Å². The second kappa shape index (κ2) is 5.60. The SMILES string of the molecule is COCCCNc1ccccc1C. The number of rotatable bonds is 5. The molecule has 0 aliphatic rings. The first-order valence-electron chi connectivity index (χ1n) is 4.63. The highest BCUT2D eigenvalue weighted by molar-refractivity contribution is 5.49. The van der Waals surface area contributed by atoms with E-state index in [2.05, 4.69) is 30.4 Å². The molecule has 0 fully saturated rings. The van der Waals surface area contributed by atoms with Crippen molar-refractivity contribution in [2.45, 2.75) is 13.3 Å². The van der Waals surface area contributed by atoms with Gasteiger partial charge in [0.1, 0.15) is 0 Å². The first-order chi connectivity index (χ1) is 6.34. The first-order valence-corrected chi connectivity index (χ1v) is 4.63. The van der Waals surface area contributed by atoms with Crippen LogP contribution in [0.5, 0.6) is 0 Å². The number of ether oxygens (including phenoxy) is 1. The molecule has 2 heteroatoms. The number of aryl methyl sites for hydroxylation is 1. The summed E-state index contributed by atoms with van der Waals surface area (Å²) in [7, 11) is 1.73. The smallest absolute Gasteiger partial charge is 0.0479 e. The molecule has 0 saturated heterocycles. The van der Waals surface area contributed by atoms with E-state index in [1.165, 1.54) is 11.3 Å². The molecule has 0 saturated carbocycles. The molecule has 0 aromatic heterocycles. The predicted molar refractivity (Wildman–Crippen MR) is 56.2 cm³/mol. The largest absolute Gasteiger partial charge is 0.385 e. The van der Waals surface area contributed by atoms with Crippen LogP contribution in [0.2, 0.25) is 0 Å². The van der Waals surface area contributed by atoms with E-state index in [0.717, 1.165) is 19.6 Å². The summed E-state index contributed by atoms with van der Waals surface area (Å²) >= 11 is 0. The third kappa shape index (κ3) is 3.47. The predicted octanol–water partition coefficient (Wildman–Crippen LogP) is 2.44. The van der Waals surface area contributed by atoms with Gasteiger partial charge in [-0.05, 0) is 25.0 Å². The van der Waals surface area contributed by atoms with Crippen LogP contribution in [0.3, 0.4) is 0 Å². The molecule has 0 amide bonds. The fraction of sp³-hybridized carbons (Fsp3) is 0.455. The Bertz CT molecular complexity index is 248. The number of nitrogens with one attached hydrogen (secondary N) is 1. The maximum atomic E-state index is 4.97. The van der Waals surface area contributed by atoms with Crippen molar-refractivity contribution >= 4 is 5.69 Å². The summed E-state index contributed by atoms with van der Waals surface area (Å²) in [6, 6.07) is 8.31. The van der Waals surface area contributed by atoms with Gasteiger partial charge in [0.15, 0.2) is 0 Å². The molecule has 1 rings (SSSR count). The van der Waals surface area contributed by atoms with Crippen molar-refractivity contribution in [3.63, 3.8) is 0 Å². The highest BCUT2D eigenvalue weighted by Gasteiger charge is 1.93. The van der Waals surface area contributed by atoms with Crippen LogP contribution in [0, 0.1) is 6.92 Å². The number of hydrogen-bond acceptors (Lipinski definition) is 2. The van der Waals surface area contributed by atoms with Crippen molar-refractivity contribution in [2.24, 2.45) is 0 Å². The Morgan fingerprint density at radius 3 is 2.77 bits per heavy atom. The zero-order valence-corrected chi connectivity index (χ0v) is 8.34. The van der Waals surface area contributed by atoms with Crippen molar-refractivity contribution in [3.8, 4) is 0 Å². The summed E-state index contributed by atoms with van der Waals surface area (Å²) in [5, 5.41) is 3.37. The maximum absolute atomic E-state index is 4.97. The van der Waals surface area contributed by atoms with Crippen molar-refractivity contribution in [1.82, 2.24) is 0 Å². The van der Waals surface area contributed by atoms with Crippen molar-refractivity contribution < 1.29 is 4.74 Å². The lowest BCUT2D eigenvalue weighted by Crippen LogP contribution is -2.05. The summed E-state index contributed by atoms with van der Waals surface area (Å²) in [4.78, 5) is 0. The standard InChI is InChI=1S/C11H17NO/c1-10-6-3-4-7-11(10)12-8-5-9-13-2/h3-4,6-7,12H,5,8-9H2,1-2H3. The molecule has 0 heterocycles. The van der Waals surface area contributed by atoms with Gasteiger partial charge in [0, 0.05) is 25.9 Å². The maximum Gasteiger partial charge on any atom is 0.0479 e. The number of para-hydroxylation sites is 1. The average Bonchev–Trinajstić information content (AvgIpc) is 2.15. The van der Waals surface area contributed by atoms with E-state index in [-0.39, 0.29) is 0 Å². The van der Waals surface area contributed by atoms with Crippen LogP contribution < -0.4 is 5.32 Å². The molecule has 0 aliphatic carbocycles. The molecule has 13 heavy (non-hydrogen) atoms. The molecular weight excluding hydrogens is 162 g/mol.